The molecule has 0 heterocycles. The Morgan fingerprint density at radius 3 is 2.57 bits per heavy atom. The van der Waals surface area contributed by atoms with E-state index < -0.39 is 0 Å². The van der Waals surface area contributed by atoms with Crippen molar-refractivity contribution in [1.82, 2.24) is 10.9 Å². The van der Waals surface area contributed by atoms with E-state index in [4.69, 9.17) is 23.8 Å². The summed E-state index contributed by atoms with van der Waals surface area (Å²) < 4.78 is 0. The number of hydrogen-bond donors (Lipinski definition) is 3. The van der Waals surface area contributed by atoms with Gasteiger partial charge in [0.1, 0.15) is 0 Å². The lowest BCUT2D eigenvalue weighted by Crippen LogP contribution is -2.46. The molecule has 0 unspecified atom stereocenters. The van der Waals surface area contributed by atoms with E-state index in [-0.39, 0.29) is 16.3 Å². The summed E-state index contributed by atoms with van der Waals surface area (Å²) in [7, 11) is 0. The van der Waals surface area contributed by atoms with Crippen molar-refractivity contribution in [2.45, 2.75) is 17.1 Å². The van der Waals surface area contributed by atoms with E-state index in [0.29, 0.717) is 5.02 Å². The minimum atomic E-state index is -0.251. The van der Waals surface area contributed by atoms with Crippen LogP contribution in [-0.2, 0) is 4.79 Å². The first-order chi connectivity index (χ1) is 11.0. The van der Waals surface area contributed by atoms with Gasteiger partial charge in [-0.3, -0.25) is 15.6 Å². The molecule has 23 heavy (non-hydrogen) atoms. The molecule has 0 fully saturated rings. The van der Waals surface area contributed by atoms with Crippen molar-refractivity contribution in [2.24, 2.45) is 0 Å². The lowest BCUT2D eigenvalue weighted by Gasteiger charge is -2.15. The average molecular weight is 366 g/mol. The number of rotatable bonds is 4. The lowest BCUT2D eigenvalue weighted by atomic mass is 10.3. The van der Waals surface area contributed by atoms with Crippen LogP contribution in [0, 0.1) is 0 Å². The molecule has 0 saturated heterocycles. The second-order valence-corrected chi connectivity index (χ2v) is 6.91. The van der Waals surface area contributed by atoms with E-state index in [9.17, 15) is 4.79 Å². The Hall–Kier alpha value is -1.76. The fourth-order valence-electron chi connectivity index (χ4n) is 1.71. The lowest BCUT2D eigenvalue weighted by molar-refractivity contribution is -0.120. The van der Waals surface area contributed by atoms with E-state index in [1.54, 1.807) is 12.1 Å². The molecule has 0 saturated carbocycles. The largest absolute Gasteiger partial charge is 0.331 e. The number of hydrogen-bond acceptors (Lipinski definition) is 3. The number of amides is 1. The summed E-state index contributed by atoms with van der Waals surface area (Å²) in [6.07, 6.45) is 0. The van der Waals surface area contributed by atoms with Crippen molar-refractivity contribution in [1.29, 1.82) is 0 Å². The fraction of sp³-hybridized carbons (Fsp3) is 0.125. The normalized spacial score (nSPS) is 11.4. The molecule has 2 aromatic carbocycles. The summed E-state index contributed by atoms with van der Waals surface area (Å²) in [6.45, 7) is 1.84. The summed E-state index contributed by atoms with van der Waals surface area (Å²) in [5.74, 6) is -0.158. The molecule has 3 N–H and O–H groups in total. The van der Waals surface area contributed by atoms with Crippen molar-refractivity contribution in [2.75, 3.05) is 5.32 Å². The minimum Gasteiger partial charge on any atom is -0.331 e. The van der Waals surface area contributed by atoms with E-state index in [1.807, 2.05) is 49.4 Å². The Morgan fingerprint density at radius 2 is 1.87 bits per heavy atom. The van der Waals surface area contributed by atoms with Gasteiger partial charge in [0.15, 0.2) is 5.11 Å². The van der Waals surface area contributed by atoms with Crippen molar-refractivity contribution >= 4 is 52.3 Å². The van der Waals surface area contributed by atoms with E-state index in [0.717, 1.165) is 10.6 Å². The summed E-state index contributed by atoms with van der Waals surface area (Å²) in [6, 6.07) is 16.9. The summed E-state index contributed by atoms with van der Waals surface area (Å²) in [5.41, 5.74) is 6.02. The van der Waals surface area contributed by atoms with Gasteiger partial charge in [-0.15, -0.1) is 11.8 Å². The molecule has 0 aliphatic heterocycles. The minimum absolute atomic E-state index is 0.158. The Balaban J connectivity index is 1.78. The molecule has 1 atom stereocenters. The van der Waals surface area contributed by atoms with Gasteiger partial charge in [0, 0.05) is 15.6 Å². The fourth-order valence-corrected chi connectivity index (χ4v) is 2.95. The maximum atomic E-state index is 12.1. The first-order valence-corrected chi connectivity index (χ1v) is 8.55. The van der Waals surface area contributed by atoms with Crippen LogP contribution in [0.4, 0.5) is 5.69 Å². The summed E-state index contributed by atoms with van der Waals surface area (Å²) in [5, 5.41) is 3.59. The van der Waals surface area contributed by atoms with Gasteiger partial charge in [0.2, 0.25) is 0 Å². The SMILES string of the molecule is C[C@@H](Sc1ccccc1)C(=O)NNC(=S)Nc1cccc(Cl)c1. The third-order valence-electron chi connectivity index (χ3n) is 2.81. The number of nitrogens with one attached hydrogen (secondary N) is 3. The first kappa shape index (κ1) is 17.6. The molecule has 0 bridgehead atoms. The molecule has 4 nitrogen and oxygen atoms in total. The van der Waals surface area contributed by atoms with Gasteiger partial charge in [0.05, 0.1) is 5.25 Å². The highest BCUT2D eigenvalue weighted by Crippen LogP contribution is 2.22. The quantitative estimate of drug-likeness (QED) is 0.436. The molecule has 0 spiro atoms. The molecule has 0 aliphatic carbocycles. The van der Waals surface area contributed by atoms with E-state index in [2.05, 4.69) is 16.2 Å². The third-order valence-corrected chi connectivity index (χ3v) is 4.36. The molecule has 120 valence electrons. The van der Waals surface area contributed by atoms with Crippen LogP contribution in [0.1, 0.15) is 6.92 Å². The van der Waals surface area contributed by atoms with Gasteiger partial charge < -0.3 is 5.32 Å². The van der Waals surface area contributed by atoms with Crippen LogP contribution >= 0.6 is 35.6 Å². The molecule has 7 heteroatoms. The first-order valence-electron chi connectivity index (χ1n) is 6.89. The Labute approximate surface area is 150 Å². The number of thioether (sulfide) groups is 1. The third kappa shape index (κ3) is 6.09. The number of hydrazine groups is 1. The zero-order valence-corrected chi connectivity index (χ0v) is 14.8. The van der Waals surface area contributed by atoms with Crippen LogP contribution in [0.15, 0.2) is 59.5 Å². The Morgan fingerprint density at radius 1 is 1.13 bits per heavy atom. The number of thiocarbonyl (C=S) groups is 1. The number of halogens is 1. The summed E-state index contributed by atoms with van der Waals surface area (Å²) in [4.78, 5) is 13.1. The predicted molar refractivity (Wildman–Crippen MR) is 101 cm³/mol. The smallest absolute Gasteiger partial charge is 0.251 e. The van der Waals surface area contributed by atoms with Crippen LogP contribution < -0.4 is 16.2 Å². The van der Waals surface area contributed by atoms with Crippen molar-refractivity contribution < 1.29 is 4.79 Å². The highest BCUT2D eigenvalue weighted by Gasteiger charge is 2.14. The van der Waals surface area contributed by atoms with Crippen LogP contribution in [0.2, 0.25) is 5.02 Å². The van der Waals surface area contributed by atoms with E-state index >= 15 is 0 Å². The highest BCUT2D eigenvalue weighted by molar-refractivity contribution is 8.00. The monoisotopic (exact) mass is 365 g/mol. The predicted octanol–water partition coefficient (Wildman–Crippen LogP) is 3.84. The topological polar surface area (TPSA) is 53.2 Å². The standard InChI is InChI=1S/C16H16ClN3OS2/c1-11(23-14-8-3-2-4-9-14)15(21)19-20-16(22)18-13-7-5-6-12(17)10-13/h2-11H,1H3,(H,19,21)(H2,18,20,22)/t11-/m1/s1. The Bertz CT molecular complexity index is 682. The molecule has 0 aliphatic rings. The second kappa shape index (κ2) is 8.76. The molecule has 2 rings (SSSR count). The van der Waals surface area contributed by atoms with Crippen molar-refractivity contribution in [3.63, 3.8) is 0 Å². The van der Waals surface area contributed by atoms with Gasteiger partial charge in [-0.05, 0) is 49.5 Å². The highest BCUT2D eigenvalue weighted by atomic mass is 35.5. The van der Waals surface area contributed by atoms with E-state index in [1.165, 1.54) is 11.8 Å². The van der Waals surface area contributed by atoms with Crippen LogP contribution in [0.25, 0.3) is 0 Å². The Kier molecular flexibility index (Phi) is 6.70. The van der Waals surface area contributed by atoms with Crippen LogP contribution in [0.3, 0.4) is 0 Å². The van der Waals surface area contributed by atoms with Crippen LogP contribution in [-0.4, -0.2) is 16.3 Å². The van der Waals surface area contributed by atoms with Gasteiger partial charge in [-0.1, -0.05) is 35.9 Å². The molecule has 0 aromatic heterocycles. The molecular formula is C16H16ClN3OS2. The molecule has 2 aromatic rings. The molecule has 1 amide bonds. The van der Waals surface area contributed by atoms with Crippen molar-refractivity contribution in [3.8, 4) is 0 Å². The average Bonchev–Trinajstić information content (AvgIpc) is 2.53. The van der Waals surface area contributed by atoms with Gasteiger partial charge in [-0.2, -0.15) is 0 Å². The maximum Gasteiger partial charge on any atom is 0.251 e. The van der Waals surface area contributed by atoms with Crippen LogP contribution in [0.5, 0.6) is 0 Å². The molecule has 0 radical (unpaired) electrons. The van der Waals surface area contributed by atoms with Gasteiger partial charge in [-0.25, -0.2) is 0 Å². The maximum absolute atomic E-state index is 12.1. The van der Waals surface area contributed by atoms with Crippen molar-refractivity contribution in [3.05, 3.63) is 59.6 Å². The van der Waals surface area contributed by atoms with Gasteiger partial charge >= 0.3 is 0 Å². The number of carbonyl (C=O) groups excluding carboxylic acids is 1. The second-order valence-electron chi connectivity index (χ2n) is 4.65. The number of anilines is 1. The zero-order chi connectivity index (χ0) is 16.7. The zero-order valence-electron chi connectivity index (χ0n) is 12.4. The van der Waals surface area contributed by atoms with Gasteiger partial charge in [0.25, 0.3) is 5.91 Å². The number of benzene rings is 2. The summed E-state index contributed by atoms with van der Waals surface area (Å²) >= 11 is 12.5. The molecular weight excluding hydrogens is 350 g/mol. The number of carbonyl (C=O) groups is 1.